The van der Waals surface area contributed by atoms with Crippen LogP contribution in [0.2, 0.25) is 0 Å². The van der Waals surface area contributed by atoms with Gasteiger partial charge in [-0.25, -0.2) is 4.98 Å². The number of nitrogens with one attached hydrogen (secondary N) is 2. The Morgan fingerprint density at radius 2 is 2.21 bits per heavy atom. The minimum Gasteiger partial charge on any atom is -0.481 e. The lowest BCUT2D eigenvalue weighted by Gasteiger charge is -2.28. The summed E-state index contributed by atoms with van der Waals surface area (Å²) >= 11 is 0. The smallest absolute Gasteiger partial charge is 0.310 e. The molecule has 1 aromatic heterocycles. The predicted octanol–water partition coefficient (Wildman–Crippen LogP) is 0.600. The lowest BCUT2D eigenvalue weighted by molar-refractivity contribution is -0.153. The summed E-state index contributed by atoms with van der Waals surface area (Å²) in [4.78, 5) is 27.0. The van der Waals surface area contributed by atoms with E-state index in [2.05, 4.69) is 20.5 Å². The van der Waals surface area contributed by atoms with Crippen molar-refractivity contribution in [3.63, 3.8) is 0 Å². The van der Waals surface area contributed by atoms with Gasteiger partial charge in [0.2, 0.25) is 5.91 Å². The number of hydrogen-bond acceptors (Lipinski definition) is 4. The molecule has 0 aromatic carbocycles. The molecule has 0 saturated heterocycles. The van der Waals surface area contributed by atoms with Crippen LogP contribution in [0.4, 0.5) is 0 Å². The van der Waals surface area contributed by atoms with E-state index in [-0.39, 0.29) is 18.2 Å². The van der Waals surface area contributed by atoms with Gasteiger partial charge in [-0.2, -0.15) is 5.10 Å². The van der Waals surface area contributed by atoms with Crippen molar-refractivity contribution in [2.45, 2.75) is 33.6 Å². The molecule has 3 N–H and O–H groups in total. The fraction of sp³-hybridized carbons (Fsp3) is 0.667. The Bertz CT molecular complexity index is 430. The molecule has 19 heavy (non-hydrogen) atoms. The number of hydrogen-bond donors (Lipinski definition) is 3. The monoisotopic (exact) mass is 268 g/mol. The molecule has 1 amide bonds. The van der Waals surface area contributed by atoms with Crippen molar-refractivity contribution in [3.05, 3.63) is 12.2 Å². The molecule has 1 unspecified atom stereocenters. The van der Waals surface area contributed by atoms with Crippen LogP contribution in [0.25, 0.3) is 0 Å². The zero-order chi connectivity index (χ0) is 14.5. The Morgan fingerprint density at radius 3 is 2.68 bits per heavy atom. The molecule has 7 nitrogen and oxygen atoms in total. The highest BCUT2D eigenvalue weighted by molar-refractivity contribution is 5.84. The fourth-order valence-corrected chi connectivity index (χ4v) is 1.59. The van der Waals surface area contributed by atoms with E-state index < -0.39 is 11.4 Å². The Morgan fingerprint density at radius 1 is 1.53 bits per heavy atom. The molecule has 0 aliphatic carbocycles. The van der Waals surface area contributed by atoms with E-state index >= 15 is 0 Å². The Labute approximate surface area is 111 Å². The minimum absolute atomic E-state index is 0.0313. The average Bonchev–Trinajstić information content (AvgIpc) is 2.81. The number of amides is 1. The van der Waals surface area contributed by atoms with E-state index in [9.17, 15) is 14.7 Å². The van der Waals surface area contributed by atoms with Crippen LogP contribution in [0.3, 0.4) is 0 Å². The summed E-state index contributed by atoms with van der Waals surface area (Å²) in [6, 6.07) is 0. The van der Waals surface area contributed by atoms with Crippen LogP contribution in [-0.4, -0.2) is 38.7 Å². The maximum Gasteiger partial charge on any atom is 0.310 e. The molecule has 1 aromatic rings. The number of aromatic amines is 1. The summed E-state index contributed by atoms with van der Waals surface area (Å²) in [5, 5.41) is 18.3. The normalized spacial score (nSPS) is 14.1. The number of carbonyl (C=O) groups excluding carboxylic acids is 1. The molecule has 0 saturated carbocycles. The van der Waals surface area contributed by atoms with Crippen molar-refractivity contribution in [1.82, 2.24) is 20.5 Å². The minimum atomic E-state index is -1.05. The average molecular weight is 268 g/mol. The zero-order valence-corrected chi connectivity index (χ0v) is 11.4. The van der Waals surface area contributed by atoms with Gasteiger partial charge in [-0.1, -0.05) is 13.8 Å². The van der Waals surface area contributed by atoms with E-state index in [4.69, 9.17) is 0 Å². The lowest BCUT2D eigenvalue weighted by Crippen LogP contribution is -2.39. The van der Waals surface area contributed by atoms with Crippen molar-refractivity contribution >= 4 is 11.9 Å². The molecule has 1 atom stereocenters. The molecule has 0 spiro atoms. The number of carboxylic acids is 1. The standard InChI is InChI=1S/C12H20N4O3/c1-8(2)12(3,11(18)19)6-10(17)13-5-4-9-14-7-15-16-9/h7-8H,4-6H2,1-3H3,(H,13,17)(H,18,19)(H,14,15,16). The van der Waals surface area contributed by atoms with Crippen LogP contribution in [0, 0.1) is 11.3 Å². The van der Waals surface area contributed by atoms with E-state index in [1.165, 1.54) is 6.33 Å². The van der Waals surface area contributed by atoms with Gasteiger partial charge in [0.25, 0.3) is 0 Å². The van der Waals surface area contributed by atoms with Crippen molar-refractivity contribution in [3.8, 4) is 0 Å². The van der Waals surface area contributed by atoms with E-state index in [1.807, 2.05) is 0 Å². The van der Waals surface area contributed by atoms with Crippen molar-refractivity contribution in [2.75, 3.05) is 6.54 Å². The SMILES string of the molecule is CC(C)C(C)(CC(=O)NCCc1ncn[nH]1)C(=O)O. The predicted molar refractivity (Wildman–Crippen MR) is 68.3 cm³/mol. The van der Waals surface area contributed by atoms with Gasteiger partial charge in [-0.05, 0) is 12.8 Å². The van der Waals surface area contributed by atoms with Crippen molar-refractivity contribution in [1.29, 1.82) is 0 Å². The molecule has 1 rings (SSSR count). The third kappa shape index (κ3) is 4.04. The molecular formula is C12H20N4O3. The van der Waals surface area contributed by atoms with Gasteiger partial charge in [-0.3, -0.25) is 14.7 Å². The third-order valence-corrected chi connectivity index (χ3v) is 3.44. The summed E-state index contributed by atoms with van der Waals surface area (Å²) < 4.78 is 0. The van der Waals surface area contributed by atoms with Crippen molar-refractivity contribution < 1.29 is 14.7 Å². The zero-order valence-electron chi connectivity index (χ0n) is 11.4. The maximum atomic E-state index is 11.8. The summed E-state index contributed by atoms with van der Waals surface area (Å²) in [6.07, 6.45) is 1.91. The summed E-state index contributed by atoms with van der Waals surface area (Å²) in [5.41, 5.74) is -1.05. The topological polar surface area (TPSA) is 108 Å². The van der Waals surface area contributed by atoms with Gasteiger partial charge in [0.15, 0.2) is 0 Å². The summed E-state index contributed by atoms with van der Waals surface area (Å²) in [6.45, 7) is 5.60. The lowest BCUT2D eigenvalue weighted by atomic mass is 9.76. The Hall–Kier alpha value is -1.92. The van der Waals surface area contributed by atoms with E-state index in [0.29, 0.717) is 18.8 Å². The summed E-state index contributed by atoms with van der Waals surface area (Å²) in [5.74, 6) is -0.652. The highest BCUT2D eigenvalue weighted by Crippen LogP contribution is 2.31. The number of carboxylic acid groups (broad SMARTS) is 1. The van der Waals surface area contributed by atoms with Crippen LogP contribution in [0.5, 0.6) is 0 Å². The highest BCUT2D eigenvalue weighted by atomic mass is 16.4. The molecule has 0 bridgehead atoms. The number of carbonyl (C=O) groups is 2. The van der Waals surface area contributed by atoms with Gasteiger partial charge >= 0.3 is 5.97 Å². The molecule has 106 valence electrons. The van der Waals surface area contributed by atoms with Crippen LogP contribution < -0.4 is 5.32 Å². The fourth-order valence-electron chi connectivity index (χ4n) is 1.59. The highest BCUT2D eigenvalue weighted by Gasteiger charge is 2.38. The van der Waals surface area contributed by atoms with Gasteiger partial charge in [-0.15, -0.1) is 0 Å². The molecule has 0 radical (unpaired) electrons. The summed E-state index contributed by atoms with van der Waals surface area (Å²) in [7, 11) is 0. The van der Waals surface area contributed by atoms with E-state index in [0.717, 1.165) is 0 Å². The second-order valence-corrected chi connectivity index (χ2v) is 5.09. The second kappa shape index (κ2) is 6.31. The molecular weight excluding hydrogens is 248 g/mol. The van der Waals surface area contributed by atoms with Gasteiger partial charge in [0.05, 0.1) is 5.41 Å². The van der Waals surface area contributed by atoms with Crippen LogP contribution in [-0.2, 0) is 16.0 Å². The van der Waals surface area contributed by atoms with Crippen LogP contribution >= 0.6 is 0 Å². The molecule has 0 aliphatic rings. The van der Waals surface area contributed by atoms with Crippen LogP contribution in [0.1, 0.15) is 33.0 Å². The first-order chi connectivity index (χ1) is 8.86. The number of aliphatic carboxylic acids is 1. The second-order valence-electron chi connectivity index (χ2n) is 5.09. The first-order valence-electron chi connectivity index (χ1n) is 6.20. The molecule has 1 heterocycles. The first kappa shape index (κ1) is 15.1. The van der Waals surface area contributed by atoms with Gasteiger partial charge in [0.1, 0.15) is 12.2 Å². The number of rotatable bonds is 7. The van der Waals surface area contributed by atoms with Gasteiger partial charge in [0, 0.05) is 19.4 Å². The quantitative estimate of drug-likeness (QED) is 0.671. The largest absolute Gasteiger partial charge is 0.481 e. The number of aromatic nitrogens is 3. The van der Waals surface area contributed by atoms with Crippen molar-refractivity contribution in [2.24, 2.45) is 11.3 Å². The third-order valence-electron chi connectivity index (χ3n) is 3.44. The Kier molecular flexibility index (Phi) is 5.02. The Balaban J connectivity index is 2.43. The number of nitrogens with zero attached hydrogens (tertiary/aromatic N) is 2. The molecule has 7 heteroatoms. The number of H-pyrrole nitrogens is 1. The molecule has 0 aliphatic heterocycles. The maximum absolute atomic E-state index is 11.8. The van der Waals surface area contributed by atoms with Crippen LogP contribution in [0.15, 0.2) is 6.33 Å². The van der Waals surface area contributed by atoms with E-state index in [1.54, 1.807) is 20.8 Å². The first-order valence-corrected chi connectivity index (χ1v) is 6.20. The molecule has 0 fully saturated rings. The van der Waals surface area contributed by atoms with Gasteiger partial charge < -0.3 is 10.4 Å².